The first-order valence-corrected chi connectivity index (χ1v) is 12.0. The molecule has 2 heterocycles. The minimum atomic E-state index is -0.727. The van der Waals surface area contributed by atoms with Crippen LogP contribution in [0.25, 0.3) is 0 Å². The summed E-state index contributed by atoms with van der Waals surface area (Å²) in [6.45, 7) is 4.23. The first-order chi connectivity index (χ1) is 16.3. The summed E-state index contributed by atoms with van der Waals surface area (Å²) in [5, 5.41) is 0.330. The van der Waals surface area contributed by atoms with Gasteiger partial charge in [0.15, 0.2) is 10.8 Å². The van der Waals surface area contributed by atoms with Crippen LogP contribution in [0.3, 0.4) is 0 Å². The van der Waals surface area contributed by atoms with Gasteiger partial charge in [-0.25, -0.2) is 9.78 Å². The predicted molar refractivity (Wildman–Crippen MR) is 133 cm³/mol. The molecule has 0 fully saturated rings. The van der Waals surface area contributed by atoms with E-state index in [-0.39, 0.29) is 35.9 Å². The van der Waals surface area contributed by atoms with Gasteiger partial charge >= 0.3 is 5.69 Å². The van der Waals surface area contributed by atoms with Crippen LogP contribution in [-0.2, 0) is 17.8 Å². The Morgan fingerprint density at radius 3 is 2.53 bits per heavy atom. The number of nitrogens with zero attached hydrogens (tertiary/aromatic N) is 3. The standard InChI is InChI=1S/C23H28N6O4S/c1-3-8-16-12-17(30)26-22(25-16)34-14-18(31)28(11-4-2)19-20(24)29(23(33)27-21(19)32)13-15-9-6-5-7-10-15/h5-7,9-10,12H,3-4,8,11,13-14,24H2,1-2H3,(H,25,26,30)(H,27,32,33). The molecule has 34 heavy (non-hydrogen) atoms. The van der Waals surface area contributed by atoms with Crippen LogP contribution in [0.2, 0.25) is 0 Å². The zero-order chi connectivity index (χ0) is 24.7. The normalized spacial score (nSPS) is 10.9. The van der Waals surface area contributed by atoms with Crippen molar-refractivity contribution in [3.63, 3.8) is 0 Å². The number of H-pyrrole nitrogens is 2. The second kappa shape index (κ2) is 11.5. The largest absolute Gasteiger partial charge is 0.383 e. The highest BCUT2D eigenvalue weighted by atomic mass is 32.2. The fraction of sp³-hybridized carbons (Fsp3) is 0.348. The summed E-state index contributed by atoms with van der Waals surface area (Å²) in [5.74, 6) is -0.548. The predicted octanol–water partition coefficient (Wildman–Crippen LogP) is 1.74. The maximum Gasteiger partial charge on any atom is 0.330 e. The Morgan fingerprint density at radius 1 is 1.12 bits per heavy atom. The molecule has 0 aliphatic heterocycles. The van der Waals surface area contributed by atoms with Gasteiger partial charge in [0.25, 0.3) is 11.1 Å². The van der Waals surface area contributed by atoms with Gasteiger partial charge in [-0.3, -0.25) is 23.9 Å². The summed E-state index contributed by atoms with van der Waals surface area (Å²) in [5.41, 5.74) is 6.01. The Bertz CT molecular complexity index is 1320. The van der Waals surface area contributed by atoms with E-state index in [1.807, 2.05) is 44.2 Å². The number of benzene rings is 1. The molecule has 3 rings (SSSR count). The molecule has 3 aromatic rings. The molecule has 2 aromatic heterocycles. The topological polar surface area (TPSA) is 147 Å². The van der Waals surface area contributed by atoms with Gasteiger partial charge in [-0.1, -0.05) is 62.4 Å². The third-order valence-corrected chi connectivity index (χ3v) is 5.89. The van der Waals surface area contributed by atoms with E-state index in [0.29, 0.717) is 23.7 Å². The number of nitrogens with one attached hydrogen (secondary N) is 2. The Hall–Kier alpha value is -3.60. The molecule has 0 spiro atoms. The number of nitrogen functional groups attached to an aromatic ring is 1. The second-order valence-corrected chi connectivity index (χ2v) is 8.65. The smallest absolute Gasteiger partial charge is 0.330 e. The molecule has 0 aliphatic carbocycles. The van der Waals surface area contributed by atoms with Crippen LogP contribution in [0.4, 0.5) is 11.5 Å². The van der Waals surface area contributed by atoms with Gasteiger partial charge in [0.2, 0.25) is 5.91 Å². The van der Waals surface area contributed by atoms with Crippen molar-refractivity contribution >= 4 is 29.2 Å². The van der Waals surface area contributed by atoms with Crippen molar-refractivity contribution in [2.75, 3.05) is 22.9 Å². The Morgan fingerprint density at radius 2 is 1.85 bits per heavy atom. The van der Waals surface area contributed by atoms with Crippen LogP contribution in [0, 0.1) is 0 Å². The summed E-state index contributed by atoms with van der Waals surface area (Å²) >= 11 is 1.07. The molecule has 0 atom stereocenters. The minimum Gasteiger partial charge on any atom is -0.383 e. The van der Waals surface area contributed by atoms with E-state index >= 15 is 0 Å². The van der Waals surface area contributed by atoms with Crippen LogP contribution in [-0.4, -0.2) is 37.7 Å². The molecule has 0 saturated carbocycles. The van der Waals surface area contributed by atoms with E-state index in [1.54, 1.807) is 0 Å². The van der Waals surface area contributed by atoms with Crippen molar-refractivity contribution in [1.29, 1.82) is 0 Å². The first kappa shape index (κ1) is 25.0. The summed E-state index contributed by atoms with van der Waals surface area (Å²) in [6.07, 6.45) is 2.06. The molecule has 180 valence electrons. The Labute approximate surface area is 200 Å². The van der Waals surface area contributed by atoms with E-state index in [0.717, 1.165) is 23.7 Å². The lowest BCUT2D eigenvalue weighted by atomic mass is 10.2. The van der Waals surface area contributed by atoms with Gasteiger partial charge in [-0.05, 0) is 18.4 Å². The number of nitrogens with two attached hydrogens (primary N) is 1. The van der Waals surface area contributed by atoms with Crippen molar-refractivity contribution < 1.29 is 4.79 Å². The lowest BCUT2D eigenvalue weighted by Crippen LogP contribution is -2.42. The van der Waals surface area contributed by atoms with Gasteiger partial charge in [-0.15, -0.1) is 0 Å². The van der Waals surface area contributed by atoms with Gasteiger partial charge in [0.05, 0.1) is 12.3 Å². The van der Waals surface area contributed by atoms with Crippen molar-refractivity contribution in [2.24, 2.45) is 0 Å². The van der Waals surface area contributed by atoms with Crippen LogP contribution < -0.4 is 27.4 Å². The fourth-order valence-corrected chi connectivity index (χ4v) is 4.26. The number of carbonyl (C=O) groups is 1. The molecule has 1 aromatic carbocycles. The van der Waals surface area contributed by atoms with E-state index in [1.165, 1.54) is 15.5 Å². The number of amides is 1. The number of aromatic nitrogens is 4. The zero-order valence-corrected chi connectivity index (χ0v) is 20.0. The van der Waals surface area contributed by atoms with Crippen molar-refractivity contribution in [1.82, 2.24) is 19.5 Å². The fourth-order valence-electron chi connectivity index (χ4n) is 3.49. The number of aryl methyl sites for hydroxylation is 1. The van der Waals surface area contributed by atoms with E-state index in [2.05, 4.69) is 15.0 Å². The highest BCUT2D eigenvalue weighted by molar-refractivity contribution is 7.99. The molecule has 0 saturated heterocycles. The molecule has 0 radical (unpaired) electrons. The van der Waals surface area contributed by atoms with Crippen molar-refractivity contribution in [3.8, 4) is 0 Å². The SMILES string of the molecule is CCCc1cc(=O)[nH]c(SCC(=O)N(CCC)c2c(N)n(Cc3ccccc3)c(=O)[nH]c2=O)n1. The van der Waals surface area contributed by atoms with Gasteiger partial charge < -0.3 is 15.6 Å². The molecular formula is C23H28N6O4S. The number of anilines is 2. The lowest BCUT2D eigenvalue weighted by Gasteiger charge is -2.24. The lowest BCUT2D eigenvalue weighted by molar-refractivity contribution is -0.116. The summed E-state index contributed by atoms with van der Waals surface area (Å²) in [7, 11) is 0. The monoisotopic (exact) mass is 484 g/mol. The molecule has 11 heteroatoms. The summed E-state index contributed by atoms with van der Waals surface area (Å²) in [4.78, 5) is 60.8. The number of carbonyl (C=O) groups excluding carboxylic acids is 1. The van der Waals surface area contributed by atoms with E-state index in [9.17, 15) is 19.2 Å². The Balaban J connectivity index is 1.90. The molecular weight excluding hydrogens is 456 g/mol. The minimum absolute atomic E-state index is 0.0656. The number of rotatable bonds is 10. The molecule has 4 N–H and O–H groups in total. The molecule has 0 aliphatic rings. The molecule has 0 bridgehead atoms. The second-order valence-electron chi connectivity index (χ2n) is 7.69. The summed E-state index contributed by atoms with van der Waals surface area (Å²) in [6, 6.07) is 10.6. The molecule has 1 amide bonds. The summed E-state index contributed by atoms with van der Waals surface area (Å²) < 4.78 is 1.24. The van der Waals surface area contributed by atoms with E-state index < -0.39 is 17.2 Å². The first-order valence-electron chi connectivity index (χ1n) is 11.0. The molecule has 0 unspecified atom stereocenters. The molecule has 10 nitrogen and oxygen atoms in total. The van der Waals surface area contributed by atoms with Crippen LogP contribution in [0.15, 0.2) is 55.9 Å². The highest BCUT2D eigenvalue weighted by Gasteiger charge is 2.24. The number of hydrogen-bond acceptors (Lipinski definition) is 7. The number of hydrogen-bond donors (Lipinski definition) is 3. The average molecular weight is 485 g/mol. The quantitative estimate of drug-likeness (QED) is 0.293. The maximum atomic E-state index is 13.2. The highest BCUT2D eigenvalue weighted by Crippen LogP contribution is 2.21. The van der Waals surface area contributed by atoms with Crippen LogP contribution in [0.5, 0.6) is 0 Å². The van der Waals surface area contributed by atoms with Gasteiger partial charge in [0, 0.05) is 18.3 Å². The van der Waals surface area contributed by atoms with Gasteiger partial charge in [0.1, 0.15) is 5.82 Å². The van der Waals surface area contributed by atoms with Crippen LogP contribution >= 0.6 is 11.8 Å². The third-order valence-electron chi connectivity index (χ3n) is 5.03. The maximum absolute atomic E-state index is 13.2. The number of aromatic amines is 2. The zero-order valence-electron chi connectivity index (χ0n) is 19.2. The Kier molecular flexibility index (Phi) is 8.47. The average Bonchev–Trinajstić information content (AvgIpc) is 2.80. The number of thioether (sulfide) groups is 1. The van der Waals surface area contributed by atoms with Crippen LogP contribution in [0.1, 0.15) is 37.9 Å². The van der Waals surface area contributed by atoms with Gasteiger partial charge in [-0.2, -0.15) is 0 Å². The van der Waals surface area contributed by atoms with E-state index in [4.69, 9.17) is 5.73 Å². The third kappa shape index (κ3) is 6.04. The van der Waals surface area contributed by atoms with Crippen molar-refractivity contribution in [3.05, 3.63) is 78.8 Å². The van der Waals surface area contributed by atoms with Crippen molar-refractivity contribution in [2.45, 2.75) is 44.8 Å².